The van der Waals surface area contributed by atoms with Crippen LogP contribution in [0.15, 0.2) is 48.6 Å². The Morgan fingerprint density at radius 1 is 0.451 bits per heavy atom. The molecular formula is C48H89NO2. The van der Waals surface area contributed by atoms with Crippen LogP contribution in [0.4, 0.5) is 0 Å². The second kappa shape index (κ2) is 38.6. The first-order valence-electron chi connectivity index (χ1n) is 22.9. The van der Waals surface area contributed by atoms with E-state index in [1.165, 1.54) is 186 Å². The van der Waals surface area contributed by atoms with Gasteiger partial charge in [-0.25, -0.2) is 0 Å². The molecule has 1 rings (SSSR count). The van der Waals surface area contributed by atoms with E-state index >= 15 is 0 Å². The highest BCUT2D eigenvalue weighted by Crippen LogP contribution is 2.36. The molecule has 0 aliphatic carbocycles. The van der Waals surface area contributed by atoms with Crippen molar-refractivity contribution in [3.8, 4) is 0 Å². The molecule has 0 radical (unpaired) electrons. The lowest BCUT2D eigenvalue weighted by molar-refractivity contribution is -0.180. The average molecular weight is 712 g/mol. The summed E-state index contributed by atoms with van der Waals surface area (Å²) in [4.78, 5) is 0. The number of nitrogens with two attached hydrogens (primary N) is 1. The van der Waals surface area contributed by atoms with Crippen molar-refractivity contribution in [2.24, 2.45) is 5.73 Å². The zero-order chi connectivity index (χ0) is 36.6. The molecular weight excluding hydrogens is 623 g/mol. The summed E-state index contributed by atoms with van der Waals surface area (Å²) in [6.07, 6.45) is 62.7. The molecule has 3 nitrogen and oxygen atoms in total. The fourth-order valence-electron chi connectivity index (χ4n) is 7.31. The molecule has 0 spiro atoms. The van der Waals surface area contributed by atoms with Gasteiger partial charge in [-0.3, -0.25) is 0 Å². The minimum absolute atomic E-state index is 0.302. The molecule has 0 aromatic carbocycles. The van der Waals surface area contributed by atoms with Gasteiger partial charge in [0, 0.05) is 12.8 Å². The molecule has 2 N–H and O–H groups in total. The molecule has 0 bridgehead atoms. The van der Waals surface area contributed by atoms with Crippen molar-refractivity contribution in [3.05, 3.63) is 48.6 Å². The lowest BCUT2D eigenvalue weighted by Crippen LogP contribution is -2.31. The summed E-state index contributed by atoms with van der Waals surface area (Å²) in [6, 6.07) is 0. The number of rotatable bonds is 39. The molecule has 1 aliphatic rings. The number of hydrogen-bond donors (Lipinski definition) is 1. The lowest BCUT2D eigenvalue weighted by atomic mass is 9.98. The van der Waals surface area contributed by atoms with Gasteiger partial charge in [0.05, 0.1) is 12.7 Å². The van der Waals surface area contributed by atoms with Gasteiger partial charge in [0.25, 0.3) is 0 Å². The largest absolute Gasteiger partial charge is 0.347 e. The van der Waals surface area contributed by atoms with Gasteiger partial charge in [-0.1, -0.05) is 178 Å². The van der Waals surface area contributed by atoms with Crippen LogP contribution in [0.25, 0.3) is 0 Å². The number of allylic oxidation sites excluding steroid dienone is 8. The maximum atomic E-state index is 6.80. The summed E-state index contributed by atoms with van der Waals surface area (Å²) in [7, 11) is 0. The predicted octanol–water partition coefficient (Wildman–Crippen LogP) is 15.6. The van der Waals surface area contributed by atoms with E-state index in [-0.39, 0.29) is 5.79 Å². The highest BCUT2D eigenvalue weighted by atomic mass is 16.7. The minimum atomic E-state index is -0.308. The van der Waals surface area contributed by atoms with E-state index in [1.54, 1.807) is 0 Å². The molecule has 1 atom stereocenters. The highest BCUT2D eigenvalue weighted by Gasteiger charge is 2.40. The van der Waals surface area contributed by atoms with Gasteiger partial charge in [-0.2, -0.15) is 0 Å². The Bertz CT molecular complexity index is 766. The van der Waals surface area contributed by atoms with Crippen LogP contribution < -0.4 is 5.73 Å². The Balaban J connectivity index is 2.25. The third-order valence-electron chi connectivity index (χ3n) is 10.7. The van der Waals surface area contributed by atoms with Crippen LogP contribution in [-0.2, 0) is 9.47 Å². The quantitative estimate of drug-likeness (QED) is 0.0510. The van der Waals surface area contributed by atoms with Crippen LogP contribution in [-0.4, -0.2) is 25.0 Å². The first-order valence-corrected chi connectivity index (χ1v) is 22.9. The second-order valence-corrected chi connectivity index (χ2v) is 15.7. The molecule has 3 heteroatoms. The van der Waals surface area contributed by atoms with Gasteiger partial charge < -0.3 is 15.2 Å². The van der Waals surface area contributed by atoms with Gasteiger partial charge in [0.2, 0.25) is 0 Å². The Labute approximate surface area is 320 Å². The number of ether oxygens (including phenoxy) is 2. The van der Waals surface area contributed by atoms with Gasteiger partial charge >= 0.3 is 0 Å². The highest BCUT2D eigenvalue weighted by molar-refractivity contribution is 4.93. The van der Waals surface area contributed by atoms with Crippen molar-refractivity contribution in [3.63, 3.8) is 0 Å². The molecule has 0 aromatic heterocycles. The molecule has 1 fully saturated rings. The molecule has 1 heterocycles. The van der Waals surface area contributed by atoms with Crippen LogP contribution in [0.5, 0.6) is 0 Å². The Hall–Kier alpha value is -1.16. The Kier molecular flexibility index (Phi) is 36.2. The van der Waals surface area contributed by atoms with E-state index in [4.69, 9.17) is 15.2 Å². The Morgan fingerprint density at radius 3 is 1.25 bits per heavy atom. The summed E-state index contributed by atoms with van der Waals surface area (Å²) >= 11 is 0. The van der Waals surface area contributed by atoms with Crippen LogP contribution in [0.2, 0.25) is 0 Å². The van der Waals surface area contributed by atoms with Gasteiger partial charge in [0.1, 0.15) is 0 Å². The predicted molar refractivity (Wildman–Crippen MR) is 227 cm³/mol. The second-order valence-electron chi connectivity index (χ2n) is 15.7. The topological polar surface area (TPSA) is 44.5 Å². The van der Waals surface area contributed by atoms with Gasteiger partial charge in [-0.05, 0) is 96.4 Å². The van der Waals surface area contributed by atoms with Crippen LogP contribution in [0.1, 0.15) is 232 Å². The third-order valence-corrected chi connectivity index (χ3v) is 10.7. The lowest BCUT2D eigenvalue weighted by Gasteiger charge is -2.28. The van der Waals surface area contributed by atoms with Crippen molar-refractivity contribution >= 4 is 0 Å². The van der Waals surface area contributed by atoms with E-state index in [0.717, 1.165) is 45.3 Å². The van der Waals surface area contributed by atoms with Crippen molar-refractivity contribution in [2.75, 3.05) is 13.2 Å². The monoisotopic (exact) mass is 712 g/mol. The van der Waals surface area contributed by atoms with E-state index < -0.39 is 0 Å². The summed E-state index contributed by atoms with van der Waals surface area (Å²) < 4.78 is 13.4. The van der Waals surface area contributed by atoms with E-state index in [1.807, 2.05) is 0 Å². The van der Waals surface area contributed by atoms with E-state index in [2.05, 4.69) is 62.5 Å². The summed E-state index contributed by atoms with van der Waals surface area (Å²) in [5.41, 5.74) is 5.64. The van der Waals surface area contributed by atoms with E-state index in [0.29, 0.717) is 6.10 Å². The maximum absolute atomic E-state index is 6.80. The van der Waals surface area contributed by atoms with Crippen LogP contribution >= 0.6 is 0 Å². The number of unbranched alkanes of at least 4 members (excludes halogenated alkanes) is 24. The summed E-state index contributed by atoms with van der Waals surface area (Å²) in [5.74, 6) is -0.308. The standard InChI is InChI=1S/C48H89NO2/c1-3-5-7-9-11-13-15-17-19-21-23-25-27-31-35-39-43-48(50-46-47(51-48)42-38-34-30-29-33-37-41-45-49)44-40-36-32-28-26-24-22-20-18-16-14-12-10-8-6-4-2/h11-14,17-20,47H,3-10,15-16,21-46,49H2,1-2H3/b13-11-,14-12-,19-17-,20-18-. The first kappa shape index (κ1) is 47.9. The average Bonchev–Trinajstić information content (AvgIpc) is 3.55. The molecule has 298 valence electrons. The van der Waals surface area contributed by atoms with Crippen molar-refractivity contribution in [1.29, 1.82) is 0 Å². The Morgan fingerprint density at radius 2 is 0.824 bits per heavy atom. The van der Waals surface area contributed by atoms with Gasteiger partial charge in [0.15, 0.2) is 5.79 Å². The van der Waals surface area contributed by atoms with Crippen molar-refractivity contribution in [1.82, 2.24) is 0 Å². The molecule has 0 saturated carbocycles. The third kappa shape index (κ3) is 32.0. The molecule has 0 aromatic rings. The zero-order valence-electron chi connectivity index (χ0n) is 34.5. The molecule has 1 unspecified atom stereocenters. The number of hydrogen-bond acceptors (Lipinski definition) is 3. The van der Waals surface area contributed by atoms with Crippen LogP contribution in [0.3, 0.4) is 0 Å². The fraction of sp³-hybridized carbons (Fsp3) is 0.833. The van der Waals surface area contributed by atoms with Crippen molar-refractivity contribution in [2.45, 2.75) is 244 Å². The summed E-state index contributed by atoms with van der Waals surface area (Å²) in [6.45, 7) is 6.19. The molecule has 1 saturated heterocycles. The maximum Gasteiger partial charge on any atom is 0.168 e. The van der Waals surface area contributed by atoms with Crippen LogP contribution in [0, 0.1) is 0 Å². The normalized spacial score (nSPS) is 16.3. The van der Waals surface area contributed by atoms with Crippen molar-refractivity contribution < 1.29 is 9.47 Å². The molecule has 51 heavy (non-hydrogen) atoms. The molecule has 1 aliphatic heterocycles. The first-order chi connectivity index (χ1) is 25.3. The SMILES string of the molecule is CCCCC/C=C\C/C=C\CCCCCCCCC1(CCCCCCCC/C=C\C/C=C\CCCCC)OCC(CCCCCCCCCN)O1. The fourth-order valence-corrected chi connectivity index (χ4v) is 7.31. The minimum Gasteiger partial charge on any atom is -0.347 e. The smallest absolute Gasteiger partial charge is 0.168 e. The van der Waals surface area contributed by atoms with Gasteiger partial charge in [-0.15, -0.1) is 0 Å². The van der Waals surface area contributed by atoms with E-state index in [9.17, 15) is 0 Å². The zero-order valence-corrected chi connectivity index (χ0v) is 34.5. The summed E-state index contributed by atoms with van der Waals surface area (Å²) in [5, 5.41) is 0. The molecule has 0 amide bonds.